The van der Waals surface area contributed by atoms with E-state index < -0.39 is 0 Å². The molecule has 0 bridgehead atoms. The molecule has 1 heterocycles. The van der Waals surface area contributed by atoms with Crippen LogP contribution in [0.5, 0.6) is 0 Å². The van der Waals surface area contributed by atoms with E-state index in [1.807, 2.05) is 30.3 Å². The summed E-state index contributed by atoms with van der Waals surface area (Å²) in [7, 11) is 0. The Kier molecular flexibility index (Phi) is 3.65. The molecule has 7 nitrogen and oxygen atoms in total. The van der Waals surface area contributed by atoms with Gasteiger partial charge >= 0.3 is 0 Å². The summed E-state index contributed by atoms with van der Waals surface area (Å²) in [6.07, 6.45) is 2.32. The summed E-state index contributed by atoms with van der Waals surface area (Å²) in [5.74, 6) is 0.160. The normalized spacial score (nSPS) is 12.1. The van der Waals surface area contributed by atoms with Crippen LogP contribution in [0.25, 0.3) is 0 Å². The lowest BCUT2D eigenvalue weighted by Gasteiger charge is -1.93. The molecule has 0 fully saturated rings. The Morgan fingerprint density at radius 1 is 1.28 bits per heavy atom. The van der Waals surface area contributed by atoms with Crippen LogP contribution in [-0.4, -0.2) is 22.4 Å². The highest BCUT2D eigenvalue weighted by Gasteiger charge is 2.09. The van der Waals surface area contributed by atoms with Crippen molar-refractivity contribution in [2.45, 2.75) is 6.42 Å². The van der Waals surface area contributed by atoms with Crippen LogP contribution in [0.15, 0.2) is 45.2 Å². The first-order valence-electron chi connectivity index (χ1n) is 5.24. The van der Waals surface area contributed by atoms with E-state index in [0.29, 0.717) is 6.42 Å². The molecule has 92 valence electrons. The van der Waals surface area contributed by atoms with Crippen LogP contribution in [0.1, 0.15) is 11.3 Å². The van der Waals surface area contributed by atoms with Crippen molar-refractivity contribution < 1.29 is 4.63 Å². The summed E-state index contributed by atoms with van der Waals surface area (Å²) in [4.78, 5) is 0. The number of nitrogen functional groups attached to an aromatic ring is 1. The third-order valence-electron chi connectivity index (χ3n) is 2.17. The standard InChI is InChI=1S/C11H12N6O/c12-10(9-11(13)17-18-16-9)15-14-7-6-8-4-2-1-3-5-8/h1-5,7H,6H2,(H2,12,15)(H2,13,17)/b14-7+. The van der Waals surface area contributed by atoms with Crippen molar-refractivity contribution in [3.8, 4) is 0 Å². The van der Waals surface area contributed by atoms with Crippen LogP contribution in [0.2, 0.25) is 0 Å². The molecule has 0 saturated heterocycles. The van der Waals surface area contributed by atoms with Crippen molar-refractivity contribution >= 4 is 17.9 Å². The van der Waals surface area contributed by atoms with E-state index in [-0.39, 0.29) is 17.3 Å². The van der Waals surface area contributed by atoms with Gasteiger partial charge in [0, 0.05) is 12.6 Å². The van der Waals surface area contributed by atoms with Gasteiger partial charge in [-0.15, -0.1) is 5.10 Å². The molecular formula is C11H12N6O. The Morgan fingerprint density at radius 2 is 2.06 bits per heavy atom. The summed E-state index contributed by atoms with van der Waals surface area (Å²) in [6.45, 7) is 0. The van der Waals surface area contributed by atoms with Crippen molar-refractivity contribution in [2.75, 3.05) is 5.73 Å². The van der Waals surface area contributed by atoms with Crippen LogP contribution in [0.4, 0.5) is 5.82 Å². The van der Waals surface area contributed by atoms with E-state index in [9.17, 15) is 0 Å². The van der Waals surface area contributed by atoms with Crippen LogP contribution < -0.4 is 11.5 Å². The lowest BCUT2D eigenvalue weighted by molar-refractivity contribution is 0.308. The number of hydrogen-bond acceptors (Lipinski definition) is 6. The third kappa shape index (κ3) is 2.91. The first-order chi connectivity index (χ1) is 8.77. The van der Waals surface area contributed by atoms with Crippen molar-refractivity contribution in [3.05, 3.63) is 41.6 Å². The molecular weight excluding hydrogens is 232 g/mol. The van der Waals surface area contributed by atoms with Crippen LogP contribution in [0.3, 0.4) is 0 Å². The molecule has 0 aliphatic rings. The van der Waals surface area contributed by atoms with Crippen molar-refractivity contribution in [2.24, 2.45) is 15.9 Å². The van der Waals surface area contributed by atoms with Gasteiger partial charge in [0.1, 0.15) is 0 Å². The van der Waals surface area contributed by atoms with Crippen molar-refractivity contribution in [1.82, 2.24) is 10.3 Å². The summed E-state index contributed by atoms with van der Waals surface area (Å²) >= 11 is 0. The number of nitrogens with zero attached hydrogens (tertiary/aromatic N) is 4. The Labute approximate surface area is 103 Å². The fourth-order valence-electron chi connectivity index (χ4n) is 1.28. The average Bonchev–Trinajstić information content (AvgIpc) is 2.82. The highest BCUT2D eigenvalue weighted by atomic mass is 16.6. The zero-order chi connectivity index (χ0) is 12.8. The van der Waals surface area contributed by atoms with Crippen molar-refractivity contribution in [1.29, 1.82) is 0 Å². The van der Waals surface area contributed by atoms with Crippen LogP contribution >= 0.6 is 0 Å². The van der Waals surface area contributed by atoms with E-state index in [4.69, 9.17) is 11.5 Å². The van der Waals surface area contributed by atoms with Gasteiger partial charge < -0.3 is 11.5 Å². The van der Waals surface area contributed by atoms with Gasteiger partial charge in [0.2, 0.25) is 0 Å². The Hall–Kier alpha value is -2.70. The number of rotatable bonds is 4. The molecule has 4 N–H and O–H groups in total. The summed E-state index contributed by atoms with van der Waals surface area (Å²) < 4.78 is 4.40. The van der Waals surface area contributed by atoms with E-state index in [0.717, 1.165) is 5.56 Å². The first-order valence-corrected chi connectivity index (χ1v) is 5.24. The molecule has 1 aromatic carbocycles. The fourth-order valence-corrected chi connectivity index (χ4v) is 1.28. The molecule has 0 spiro atoms. The molecule has 7 heteroatoms. The van der Waals surface area contributed by atoms with E-state index >= 15 is 0 Å². The highest BCUT2D eigenvalue weighted by molar-refractivity contribution is 5.99. The van der Waals surface area contributed by atoms with Crippen LogP contribution in [0, 0.1) is 0 Å². The molecule has 0 aliphatic carbocycles. The van der Waals surface area contributed by atoms with E-state index in [1.54, 1.807) is 6.21 Å². The van der Waals surface area contributed by atoms with Gasteiger partial charge in [-0.2, -0.15) is 5.10 Å². The highest BCUT2D eigenvalue weighted by Crippen LogP contribution is 2.03. The monoisotopic (exact) mass is 244 g/mol. The largest absolute Gasteiger partial charge is 0.380 e. The summed E-state index contributed by atoms with van der Waals surface area (Å²) in [6, 6.07) is 9.87. The van der Waals surface area contributed by atoms with Gasteiger partial charge in [-0.3, -0.25) is 0 Å². The number of amidine groups is 1. The number of aromatic nitrogens is 2. The van der Waals surface area contributed by atoms with E-state index in [2.05, 4.69) is 25.1 Å². The van der Waals surface area contributed by atoms with Crippen molar-refractivity contribution in [3.63, 3.8) is 0 Å². The van der Waals surface area contributed by atoms with E-state index in [1.165, 1.54) is 0 Å². The summed E-state index contributed by atoms with van der Waals surface area (Å²) in [5.41, 5.74) is 12.4. The molecule has 18 heavy (non-hydrogen) atoms. The minimum Gasteiger partial charge on any atom is -0.380 e. The second-order valence-electron chi connectivity index (χ2n) is 3.47. The number of nitrogens with two attached hydrogens (primary N) is 2. The molecule has 2 rings (SSSR count). The predicted octanol–water partition coefficient (Wildman–Crippen LogP) is 0.586. The molecule has 0 radical (unpaired) electrons. The molecule has 2 aromatic rings. The smallest absolute Gasteiger partial charge is 0.199 e. The zero-order valence-corrected chi connectivity index (χ0v) is 9.52. The Bertz CT molecular complexity index is 560. The molecule has 0 aliphatic heterocycles. The molecule has 0 saturated carbocycles. The topological polar surface area (TPSA) is 116 Å². The van der Waals surface area contributed by atoms with Gasteiger partial charge in [0.15, 0.2) is 17.3 Å². The second-order valence-corrected chi connectivity index (χ2v) is 3.47. The molecule has 0 amide bonds. The number of anilines is 1. The SMILES string of the molecule is N/C(=N\N=C\Cc1ccccc1)c1nonc1N. The lowest BCUT2D eigenvalue weighted by atomic mass is 10.2. The molecule has 1 aromatic heterocycles. The number of hydrogen-bond donors (Lipinski definition) is 2. The van der Waals surface area contributed by atoms with Gasteiger partial charge in [-0.05, 0) is 15.9 Å². The average molecular weight is 244 g/mol. The first kappa shape index (κ1) is 11.8. The van der Waals surface area contributed by atoms with Crippen LogP contribution in [-0.2, 0) is 6.42 Å². The van der Waals surface area contributed by atoms with Gasteiger partial charge in [0.25, 0.3) is 0 Å². The third-order valence-corrected chi connectivity index (χ3v) is 2.17. The maximum Gasteiger partial charge on any atom is 0.199 e. The Balaban J connectivity index is 1.97. The zero-order valence-electron chi connectivity index (χ0n) is 9.52. The quantitative estimate of drug-likeness (QED) is 0.463. The van der Waals surface area contributed by atoms with Gasteiger partial charge in [-0.25, -0.2) is 4.63 Å². The fraction of sp³-hybridized carbons (Fsp3) is 0.0909. The maximum absolute atomic E-state index is 5.61. The Morgan fingerprint density at radius 3 is 2.72 bits per heavy atom. The second kappa shape index (κ2) is 5.58. The number of benzene rings is 1. The maximum atomic E-state index is 5.61. The molecule has 0 unspecified atom stereocenters. The van der Waals surface area contributed by atoms with Gasteiger partial charge in [0.05, 0.1) is 0 Å². The molecule has 0 atom stereocenters. The lowest BCUT2D eigenvalue weighted by Crippen LogP contribution is -2.15. The summed E-state index contributed by atoms with van der Waals surface area (Å²) in [5, 5.41) is 14.5. The van der Waals surface area contributed by atoms with Gasteiger partial charge in [-0.1, -0.05) is 30.3 Å². The minimum absolute atomic E-state index is 0.0676. The minimum atomic E-state index is 0.0676. The predicted molar refractivity (Wildman–Crippen MR) is 68.1 cm³/mol.